The van der Waals surface area contributed by atoms with Crippen LogP contribution in [0.3, 0.4) is 0 Å². The van der Waals surface area contributed by atoms with Crippen LogP contribution in [0.25, 0.3) is 0 Å². The molecule has 1 aliphatic heterocycles. The van der Waals surface area contributed by atoms with Gasteiger partial charge >= 0.3 is 12.0 Å². The quantitative estimate of drug-likeness (QED) is 0.549. The van der Waals surface area contributed by atoms with Crippen LogP contribution in [0.4, 0.5) is 4.79 Å². The van der Waals surface area contributed by atoms with E-state index in [0.717, 1.165) is 5.56 Å². The van der Waals surface area contributed by atoms with Gasteiger partial charge in [-0.2, -0.15) is 0 Å². The molecule has 2 amide bonds. The second kappa shape index (κ2) is 11.0. The van der Waals surface area contributed by atoms with Gasteiger partial charge < -0.3 is 24.3 Å². The summed E-state index contributed by atoms with van der Waals surface area (Å²) in [7, 11) is 4.68. The molecule has 1 aliphatic rings. The van der Waals surface area contributed by atoms with Crippen molar-refractivity contribution in [1.29, 1.82) is 0 Å². The predicted molar refractivity (Wildman–Crippen MR) is 128 cm³/mol. The third-order valence-corrected chi connectivity index (χ3v) is 5.68. The smallest absolute Gasteiger partial charge is 0.338 e. The largest absolute Gasteiger partial charge is 0.497 e. The van der Waals surface area contributed by atoms with Gasteiger partial charge in [0, 0.05) is 13.1 Å². The molecular formula is C26H32N2O6. The Bertz CT molecular complexity index is 1060. The van der Waals surface area contributed by atoms with E-state index in [1.807, 2.05) is 24.3 Å². The highest BCUT2D eigenvalue weighted by molar-refractivity contribution is 5.95. The van der Waals surface area contributed by atoms with Gasteiger partial charge in [0.2, 0.25) is 0 Å². The molecule has 0 saturated carbocycles. The van der Waals surface area contributed by atoms with Gasteiger partial charge in [-0.15, -0.1) is 0 Å². The first kappa shape index (κ1) is 25.0. The Kier molecular flexibility index (Phi) is 8.04. The second-order valence-corrected chi connectivity index (χ2v) is 8.15. The average molecular weight is 469 g/mol. The number of ether oxygens (including phenoxy) is 4. The predicted octanol–water partition coefficient (Wildman–Crippen LogP) is 4.42. The fraction of sp³-hybridized carbons (Fsp3) is 0.385. The normalized spacial score (nSPS) is 15.8. The zero-order chi connectivity index (χ0) is 24.8. The Morgan fingerprint density at radius 3 is 2.32 bits per heavy atom. The molecule has 1 atom stereocenters. The minimum Gasteiger partial charge on any atom is -0.497 e. The van der Waals surface area contributed by atoms with Crippen molar-refractivity contribution >= 4 is 12.0 Å². The number of likely N-dealkylation sites (N-methyl/N-ethyl adjacent to an activating group) is 1. The molecule has 0 radical (unpaired) electrons. The lowest BCUT2D eigenvalue weighted by Crippen LogP contribution is -2.48. The number of methoxy groups -OCH3 is 2. The van der Waals surface area contributed by atoms with E-state index in [2.05, 4.69) is 19.2 Å². The summed E-state index contributed by atoms with van der Waals surface area (Å²) >= 11 is 0. The monoisotopic (exact) mass is 468 g/mol. The summed E-state index contributed by atoms with van der Waals surface area (Å²) in [4.78, 5) is 27.5. The number of benzene rings is 2. The molecule has 0 aromatic heterocycles. The molecule has 1 N–H and O–H groups in total. The van der Waals surface area contributed by atoms with Crippen LogP contribution in [0.15, 0.2) is 53.7 Å². The van der Waals surface area contributed by atoms with Crippen molar-refractivity contribution in [2.24, 2.45) is 0 Å². The van der Waals surface area contributed by atoms with Crippen molar-refractivity contribution in [1.82, 2.24) is 10.2 Å². The molecule has 182 valence electrons. The van der Waals surface area contributed by atoms with E-state index in [4.69, 9.17) is 18.9 Å². The van der Waals surface area contributed by atoms with Crippen molar-refractivity contribution in [2.45, 2.75) is 32.7 Å². The Hall–Kier alpha value is -3.68. The molecule has 3 rings (SSSR count). The van der Waals surface area contributed by atoms with Crippen LogP contribution in [-0.4, -0.2) is 51.4 Å². The van der Waals surface area contributed by atoms with Gasteiger partial charge in [0.25, 0.3) is 0 Å². The Morgan fingerprint density at radius 2 is 1.74 bits per heavy atom. The molecule has 8 nitrogen and oxygen atoms in total. The molecule has 0 aliphatic carbocycles. The number of hydrogen-bond acceptors (Lipinski definition) is 6. The lowest BCUT2D eigenvalue weighted by atomic mass is 9.94. The topological polar surface area (TPSA) is 86.3 Å². The highest BCUT2D eigenvalue weighted by Gasteiger charge is 2.37. The molecular weight excluding hydrogens is 436 g/mol. The highest BCUT2D eigenvalue weighted by atomic mass is 16.5. The zero-order valence-electron chi connectivity index (χ0n) is 20.5. The second-order valence-electron chi connectivity index (χ2n) is 8.15. The van der Waals surface area contributed by atoms with E-state index in [-0.39, 0.29) is 25.2 Å². The number of urea groups is 1. The van der Waals surface area contributed by atoms with Crippen LogP contribution in [0.2, 0.25) is 0 Å². The van der Waals surface area contributed by atoms with Crippen molar-refractivity contribution in [3.05, 3.63) is 64.9 Å². The van der Waals surface area contributed by atoms with Gasteiger partial charge in [0.05, 0.1) is 38.1 Å². The van der Waals surface area contributed by atoms with Gasteiger partial charge in [-0.1, -0.05) is 32.0 Å². The number of hydrogen-bond donors (Lipinski definition) is 1. The maximum absolute atomic E-state index is 13.2. The van der Waals surface area contributed by atoms with Gasteiger partial charge in [-0.25, -0.2) is 9.59 Å². The fourth-order valence-electron chi connectivity index (χ4n) is 3.86. The summed E-state index contributed by atoms with van der Waals surface area (Å²) in [6.07, 6.45) is 0. The SMILES string of the molecule is CCOC(=O)C1=C(COc2ccccc2C(C)C)N(C)C(=O)N[C@@H]1c1cc(OC)cc(OC)c1. The van der Waals surface area contributed by atoms with Crippen molar-refractivity contribution in [3.8, 4) is 17.2 Å². The summed E-state index contributed by atoms with van der Waals surface area (Å²) in [5, 5.41) is 2.89. The van der Waals surface area contributed by atoms with E-state index in [0.29, 0.717) is 34.1 Å². The van der Waals surface area contributed by atoms with Crippen LogP contribution in [-0.2, 0) is 9.53 Å². The highest BCUT2D eigenvalue weighted by Crippen LogP contribution is 2.35. The van der Waals surface area contributed by atoms with Crippen molar-refractivity contribution < 1.29 is 28.5 Å². The van der Waals surface area contributed by atoms with E-state index in [9.17, 15) is 9.59 Å². The average Bonchev–Trinajstić information content (AvgIpc) is 2.84. The number of carbonyl (C=O) groups is 2. The van der Waals surface area contributed by atoms with Crippen LogP contribution in [0, 0.1) is 0 Å². The Balaban J connectivity index is 2.10. The van der Waals surface area contributed by atoms with Gasteiger partial charge in [-0.3, -0.25) is 4.90 Å². The Labute approximate surface area is 200 Å². The third-order valence-electron chi connectivity index (χ3n) is 5.68. The van der Waals surface area contributed by atoms with Crippen molar-refractivity contribution in [3.63, 3.8) is 0 Å². The maximum Gasteiger partial charge on any atom is 0.338 e. The van der Waals surface area contributed by atoms with Crippen LogP contribution in [0.1, 0.15) is 43.9 Å². The standard InChI is InChI=1S/C26H32N2O6/c1-7-33-25(29)23-21(15-34-22-11-9-8-10-20(22)16(2)3)28(4)26(30)27-24(23)17-12-18(31-5)14-19(13-17)32-6/h8-14,16,24H,7,15H2,1-6H3,(H,27,30)/t24-/m1/s1. The van der Waals surface area contributed by atoms with Crippen LogP contribution < -0.4 is 19.5 Å². The number of rotatable bonds is 9. The van der Waals surface area contributed by atoms with E-state index < -0.39 is 12.0 Å². The number of para-hydroxylation sites is 1. The van der Waals surface area contributed by atoms with Gasteiger partial charge in [0.1, 0.15) is 23.9 Å². The lowest BCUT2D eigenvalue weighted by molar-refractivity contribution is -0.139. The summed E-state index contributed by atoms with van der Waals surface area (Å²) in [6, 6.07) is 11.8. The van der Waals surface area contributed by atoms with E-state index >= 15 is 0 Å². The maximum atomic E-state index is 13.2. The third kappa shape index (κ3) is 5.27. The molecule has 0 saturated heterocycles. The number of nitrogens with one attached hydrogen (secondary N) is 1. The molecule has 34 heavy (non-hydrogen) atoms. The summed E-state index contributed by atoms with van der Waals surface area (Å²) in [6.45, 7) is 6.11. The van der Waals surface area contributed by atoms with Gasteiger partial charge in [0.15, 0.2) is 0 Å². The fourth-order valence-corrected chi connectivity index (χ4v) is 3.86. The summed E-state index contributed by atoms with van der Waals surface area (Å²) < 4.78 is 22.3. The van der Waals surface area contributed by atoms with Crippen LogP contribution in [0.5, 0.6) is 17.2 Å². The molecule has 0 unspecified atom stereocenters. The zero-order valence-corrected chi connectivity index (χ0v) is 20.5. The lowest BCUT2D eigenvalue weighted by Gasteiger charge is -2.34. The van der Waals surface area contributed by atoms with E-state index in [1.165, 1.54) is 4.90 Å². The number of carbonyl (C=O) groups excluding carboxylic acids is 2. The molecule has 0 fully saturated rings. The molecule has 0 bridgehead atoms. The number of nitrogens with zero attached hydrogens (tertiary/aromatic N) is 1. The first-order valence-electron chi connectivity index (χ1n) is 11.2. The summed E-state index contributed by atoms with van der Waals surface area (Å²) in [5.41, 5.74) is 2.38. The molecule has 8 heteroatoms. The van der Waals surface area contributed by atoms with E-state index in [1.54, 1.807) is 46.4 Å². The minimum absolute atomic E-state index is 0.0133. The molecule has 1 heterocycles. The Morgan fingerprint density at radius 1 is 1.09 bits per heavy atom. The summed E-state index contributed by atoms with van der Waals surface area (Å²) in [5.74, 6) is 1.49. The van der Waals surface area contributed by atoms with Crippen molar-refractivity contribution in [2.75, 3.05) is 34.5 Å². The van der Waals surface area contributed by atoms with Gasteiger partial charge in [-0.05, 0) is 42.2 Å². The van der Waals surface area contributed by atoms with Crippen LogP contribution >= 0.6 is 0 Å². The molecule has 2 aromatic carbocycles. The number of amides is 2. The first-order chi connectivity index (χ1) is 16.3. The molecule has 2 aromatic rings. The number of esters is 1. The molecule has 0 spiro atoms. The first-order valence-corrected chi connectivity index (χ1v) is 11.2. The minimum atomic E-state index is -0.773.